The Kier molecular flexibility index (Phi) is 6.45. The Bertz CT molecular complexity index is 1380. The molecule has 1 fully saturated rings. The molecule has 2 aromatic heterocycles. The summed E-state index contributed by atoms with van der Waals surface area (Å²) in [5, 5.41) is 11.5. The zero-order chi connectivity index (χ0) is 25.2. The number of carbonyl (C=O) groups is 1. The van der Waals surface area contributed by atoms with Crippen LogP contribution < -0.4 is 0 Å². The SMILES string of the molecule is Cc1ccc(-c2nn(-c3ccccc3)cc2[C@H]2CC(c3ccco3)=NN2C(=O)CN2CCCCC2)cc1. The highest BCUT2D eigenvalue weighted by Crippen LogP contribution is 2.38. The Morgan fingerprint density at radius 2 is 1.76 bits per heavy atom. The summed E-state index contributed by atoms with van der Waals surface area (Å²) in [6, 6.07) is 22.0. The lowest BCUT2D eigenvalue weighted by Gasteiger charge is -2.29. The molecule has 37 heavy (non-hydrogen) atoms. The number of rotatable bonds is 6. The summed E-state index contributed by atoms with van der Waals surface area (Å²) in [6.45, 7) is 4.37. The normalized spacial score (nSPS) is 18.2. The molecule has 0 N–H and O–H groups in total. The van der Waals surface area contributed by atoms with Crippen molar-refractivity contribution in [2.45, 2.75) is 38.6 Å². The second-order valence-electron chi connectivity index (χ2n) is 9.90. The molecule has 2 aliphatic heterocycles. The van der Waals surface area contributed by atoms with Crippen molar-refractivity contribution in [3.05, 3.63) is 96.1 Å². The summed E-state index contributed by atoms with van der Waals surface area (Å²) >= 11 is 0. The maximum atomic E-state index is 13.7. The largest absolute Gasteiger partial charge is 0.463 e. The molecule has 0 spiro atoms. The molecular weight excluding hydrogens is 462 g/mol. The molecular formula is C30H31N5O2. The fraction of sp³-hybridized carbons (Fsp3) is 0.300. The van der Waals surface area contributed by atoms with E-state index >= 15 is 0 Å². The predicted molar refractivity (Wildman–Crippen MR) is 143 cm³/mol. The molecule has 2 aliphatic rings. The van der Waals surface area contributed by atoms with Gasteiger partial charge in [0.15, 0.2) is 0 Å². The lowest BCUT2D eigenvalue weighted by molar-refractivity contribution is -0.134. The first-order valence-corrected chi connectivity index (χ1v) is 13.0. The van der Waals surface area contributed by atoms with Gasteiger partial charge in [-0.2, -0.15) is 10.2 Å². The number of aromatic nitrogens is 2. The summed E-state index contributed by atoms with van der Waals surface area (Å²) in [5.41, 5.74) is 5.80. The van der Waals surface area contributed by atoms with Gasteiger partial charge in [0.1, 0.15) is 11.5 Å². The van der Waals surface area contributed by atoms with Gasteiger partial charge < -0.3 is 4.42 Å². The number of hydrogen-bond acceptors (Lipinski definition) is 5. The van der Waals surface area contributed by atoms with Crippen molar-refractivity contribution in [3.63, 3.8) is 0 Å². The molecule has 1 saturated heterocycles. The number of hydrazone groups is 1. The van der Waals surface area contributed by atoms with E-state index in [1.807, 2.05) is 47.1 Å². The lowest BCUT2D eigenvalue weighted by Crippen LogP contribution is -2.40. The highest BCUT2D eigenvalue weighted by atomic mass is 16.3. The molecule has 0 saturated carbocycles. The van der Waals surface area contributed by atoms with Gasteiger partial charge in [0, 0.05) is 23.7 Å². The average Bonchev–Trinajstić information content (AvgIpc) is 3.70. The molecule has 2 aromatic carbocycles. The number of benzene rings is 2. The zero-order valence-electron chi connectivity index (χ0n) is 21.1. The number of carbonyl (C=O) groups excluding carboxylic acids is 1. The maximum Gasteiger partial charge on any atom is 0.257 e. The summed E-state index contributed by atoms with van der Waals surface area (Å²) < 4.78 is 7.59. The Morgan fingerprint density at radius 3 is 2.49 bits per heavy atom. The molecule has 7 nitrogen and oxygen atoms in total. The monoisotopic (exact) mass is 493 g/mol. The van der Waals surface area contributed by atoms with Gasteiger partial charge >= 0.3 is 0 Å². The van der Waals surface area contributed by atoms with Crippen LogP contribution in [0.3, 0.4) is 0 Å². The molecule has 0 unspecified atom stereocenters. The predicted octanol–water partition coefficient (Wildman–Crippen LogP) is 5.60. The van der Waals surface area contributed by atoms with E-state index in [2.05, 4.69) is 42.3 Å². The van der Waals surface area contributed by atoms with Crippen LogP contribution in [0.25, 0.3) is 16.9 Å². The molecule has 6 rings (SSSR count). The molecule has 7 heteroatoms. The maximum absolute atomic E-state index is 13.7. The number of likely N-dealkylation sites (tertiary alicyclic amines) is 1. The molecule has 1 atom stereocenters. The summed E-state index contributed by atoms with van der Waals surface area (Å²) in [5.74, 6) is 0.710. The third kappa shape index (κ3) is 4.87. The van der Waals surface area contributed by atoms with Crippen LogP contribution in [0.15, 0.2) is 88.7 Å². The first-order chi connectivity index (χ1) is 18.2. The van der Waals surface area contributed by atoms with Crippen molar-refractivity contribution in [3.8, 4) is 16.9 Å². The number of piperidine rings is 1. The summed E-state index contributed by atoms with van der Waals surface area (Å²) in [4.78, 5) is 15.9. The van der Waals surface area contributed by atoms with Crippen LogP contribution in [0.5, 0.6) is 0 Å². The van der Waals surface area contributed by atoms with E-state index in [1.165, 1.54) is 12.0 Å². The molecule has 4 aromatic rings. The minimum absolute atomic E-state index is 0.00998. The van der Waals surface area contributed by atoms with Crippen LogP contribution in [0.1, 0.15) is 48.6 Å². The highest BCUT2D eigenvalue weighted by molar-refractivity contribution is 6.01. The number of para-hydroxylation sites is 1. The van der Waals surface area contributed by atoms with Crippen molar-refractivity contribution in [2.75, 3.05) is 19.6 Å². The van der Waals surface area contributed by atoms with Crippen LogP contribution in [-0.4, -0.2) is 50.9 Å². The Morgan fingerprint density at radius 1 is 0.973 bits per heavy atom. The highest BCUT2D eigenvalue weighted by Gasteiger charge is 2.37. The van der Waals surface area contributed by atoms with Gasteiger partial charge in [-0.3, -0.25) is 9.69 Å². The Labute approximate surface area is 217 Å². The number of amides is 1. The van der Waals surface area contributed by atoms with Crippen molar-refractivity contribution in [1.82, 2.24) is 19.7 Å². The van der Waals surface area contributed by atoms with Crippen LogP contribution in [0, 0.1) is 6.92 Å². The van der Waals surface area contributed by atoms with E-state index in [0.717, 1.165) is 54.2 Å². The van der Waals surface area contributed by atoms with Gasteiger partial charge in [-0.15, -0.1) is 0 Å². The van der Waals surface area contributed by atoms with E-state index < -0.39 is 0 Å². The summed E-state index contributed by atoms with van der Waals surface area (Å²) in [6.07, 6.45) is 7.78. The van der Waals surface area contributed by atoms with E-state index in [0.29, 0.717) is 18.7 Å². The zero-order valence-corrected chi connectivity index (χ0v) is 21.1. The van der Waals surface area contributed by atoms with Crippen molar-refractivity contribution in [1.29, 1.82) is 0 Å². The van der Waals surface area contributed by atoms with Gasteiger partial charge in [-0.1, -0.05) is 54.4 Å². The fourth-order valence-corrected chi connectivity index (χ4v) is 5.24. The minimum atomic E-state index is -0.272. The molecule has 0 aliphatic carbocycles. The molecule has 4 heterocycles. The summed E-state index contributed by atoms with van der Waals surface area (Å²) in [7, 11) is 0. The molecule has 0 radical (unpaired) electrons. The van der Waals surface area contributed by atoms with E-state index in [4.69, 9.17) is 14.6 Å². The molecule has 0 bridgehead atoms. The smallest absolute Gasteiger partial charge is 0.257 e. The second-order valence-corrected chi connectivity index (χ2v) is 9.90. The number of hydrogen-bond donors (Lipinski definition) is 0. The van der Waals surface area contributed by atoms with E-state index in [1.54, 1.807) is 11.3 Å². The standard InChI is InChI=1S/C30H31N5O2/c1-22-12-14-23(15-13-22)30-25(20-34(32-30)24-9-4-2-5-10-24)27-19-26(28-11-8-18-37-28)31-35(27)29(36)21-33-16-6-3-7-17-33/h2,4-5,8-15,18,20,27H,3,6-7,16-17,19,21H2,1H3/t27-/m1/s1. The third-order valence-electron chi connectivity index (χ3n) is 7.23. The molecule has 188 valence electrons. The third-order valence-corrected chi connectivity index (χ3v) is 7.23. The topological polar surface area (TPSA) is 66.9 Å². The van der Waals surface area contributed by atoms with E-state index in [-0.39, 0.29) is 11.9 Å². The fourth-order valence-electron chi connectivity index (χ4n) is 5.24. The molecule has 1 amide bonds. The van der Waals surface area contributed by atoms with Crippen molar-refractivity contribution >= 4 is 11.6 Å². The van der Waals surface area contributed by atoms with Gasteiger partial charge in [0.05, 0.1) is 30.2 Å². The van der Waals surface area contributed by atoms with Crippen LogP contribution in [-0.2, 0) is 4.79 Å². The van der Waals surface area contributed by atoms with E-state index in [9.17, 15) is 4.79 Å². The quantitative estimate of drug-likeness (QED) is 0.350. The number of nitrogens with zero attached hydrogens (tertiary/aromatic N) is 5. The van der Waals surface area contributed by atoms with Crippen molar-refractivity contribution < 1.29 is 9.21 Å². The Hall–Kier alpha value is -3.97. The lowest BCUT2D eigenvalue weighted by atomic mass is 9.97. The number of furan rings is 1. The number of aryl methyl sites for hydroxylation is 1. The van der Waals surface area contributed by atoms with Crippen molar-refractivity contribution in [2.24, 2.45) is 5.10 Å². The first-order valence-electron chi connectivity index (χ1n) is 13.0. The minimum Gasteiger partial charge on any atom is -0.463 e. The first kappa shape index (κ1) is 23.4. The van der Waals surface area contributed by atoms with Gasteiger partial charge in [0.25, 0.3) is 5.91 Å². The van der Waals surface area contributed by atoms with Gasteiger partial charge in [0.2, 0.25) is 0 Å². The van der Waals surface area contributed by atoms with Crippen LogP contribution >= 0.6 is 0 Å². The van der Waals surface area contributed by atoms with Crippen LogP contribution in [0.4, 0.5) is 0 Å². The second kappa shape index (κ2) is 10.2. The van der Waals surface area contributed by atoms with Gasteiger partial charge in [-0.25, -0.2) is 9.69 Å². The van der Waals surface area contributed by atoms with Crippen LogP contribution in [0.2, 0.25) is 0 Å². The average molecular weight is 494 g/mol. The Balaban J connectivity index is 1.41. The van der Waals surface area contributed by atoms with Gasteiger partial charge in [-0.05, 0) is 57.1 Å².